The molecule has 8 heteroatoms. The number of benzene rings is 2. The van der Waals surface area contributed by atoms with Crippen LogP contribution in [-0.4, -0.2) is 25.8 Å². The molecule has 4 aromatic rings. The van der Waals surface area contributed by atoms with Gasteiger partial charge in [-0.25, -0.2) is 15.0 Å². The summed E-state index contributed by atoms with van der Waals surface area (Å²) in [6.45, 7) is 2.37. The van der Waals surface area contributed by atoms with Crippen molar-refractivity contribution in [2.75, 3.05) is 5.73 Å². The van der Waals surface area contributed by atoms with E-state index in [2.05, 4.69) is 30.9 Å². The molecule has 3 heterocycles. The van der Waals surface area contributed by atoms with Crippen molar-refractivity contribution in [3.8, 4) is 5.75 Å². The summed E-state index contributed by atoms with van der Waals surface area (Å²) in [6, 6.07) is 13.7. The summed E-state index contributed by atoms with van der Waals surface area (Å²) < 4.78 is 9.11. The van der Waals surface area contributed by atoms with Gasteiger partial charge in [0.05, 0.1) is 18.8 Å². The van der Waals surface area contributed by atoms with Crippen molar-refractivity contribution < 1.29 is 9.53 Å². The number of fused-ring (bicyclic) bond motifs is 2. The van der Waals surface area contributed by atoms with Crippen LogP contribution in [0.3, 0.4) is 0 Å². The second kappa shape index (κ2) is 7.63. The maximum Gasteiger partial charge on any atom is 0.165 e. The van der Waals surface area contributed by atoms with E-state index in [1.54, 1.807) is 6.33 Å². The highest BCUT2D eigenvalue weighted by molar-refractivity contribution is 9.10. The topological polar surface area (TPSA) is 95.9 Å². The lowest BCUT2D eigenvalue weighted by Gasteiger charge is -2.29. The van der Waals surface area contributed by atoms with Crippen LogP contribution in [0.2, 0.25) is 0 Å². The summed E-state index contributed by atoms with van der Waals surface area (Å²) in [5.74, 6) is 1.18. The highest BCUT2D eigenvalue weighted by atomic mass is 79.9. The molecule has 0 spiro atoms. The van der Waals surface area contributed by atoms with Gasteiger partial charge in [-0.3, -0.25) is 0 Å². The Morgan fingerprint density at radius 1 is 1.19 bits per heavy atom. The van der Waals surface area contributed by atoms with Gasteiger partial charge in [0, 0.05) is 15.6 Å². The molecule has 154 valence electrons. The third kappa shape index (κ3) is 3.29. The van der Waals surface area contributed by atoms with Crippen molar-refractivity contribution >= 4 is 44.8 Å². The summed E-state index contributed by atoms with van der Waals surface area (Å²) in [6.07, 6.45) is 4.05. The van der Waals surface area contributed by atoms with Crippen LogP contribution in [0.4, 0.5) is 5.82 Å². The van der Waals surface area contributed by atoms with E-state index in [-0.39, 0.29) is 0 Å². The Morgan fingerprint density at radius 3 is 2.84 bits per heavy atom. The van der Waals surface area contributed by atoms with Crippen molar-refractivity contribution in [2.24, 2.45) is 0 Å². The lowest BCUT2D eigenvalue weighted by atomic mass is 9.83. The number of aldehydes is 1. The molecule has 7 nitrogen and oxygen atoms in total. The number of aromatic nitrogens is 4. The van der Waals surface area contributed by atoms with Gasteiger partial charge in [0.15, 0.2) is 11.5 Å². The monoisotopic (exact) mass is 475 g/mol. The van der Waals surface area contributed by atoms with Crippen LogP contribution in [0, 0.1) is 6.92 Å². The van der Waals surface area contributed by atoms with Crippen LogP contribution in [0.15, 0.2) is 65.4 Å². The molecule has 31 heavy (non-hydrogen) atoms. The zero-order valence-corrected chi connectivity index (χ0v) is 18.2. The first-order valence-electron chi connectivity index (χ1n) is 9.69. The molecule has 2 N–H and O–H groups in total. The van der Waals surface area contributed by atoms with Gasteiger partial charge in [0.25, 0.3) is 0 Å². The fourth-order valence-electron chi connectivity index (χ4n) is 3.99. The molecule has 0 saturated heterocycles. The normalized spacial score (nSPS) is 15.6. The first-order chi connectivity index (χ1) is 15.1. The average Bonchev–Trinajstić information content (AvgIpc) is 3.18. The number of ether oxygens (including phenoxy) is 1. The van der Waals surface area contributed by atoms with E-state index in [9.17, 15) is 4.79 Å². The number of carbonyl (C=O) groups is 1. The van der Waals surface area contributed by atoms with Gasteiger partial charge in [0.2, 0.25) is 0 Å². The second-order valence-electron chi connectivity index (χ2n) is 7.35. The minimum Gasteiger partial charge on any atom is -0.459 e. The molecule has 2 aromatic heterocycles. The predicted octanol–water partition coefficient (Wildman–Crippen LogP) is 4.27. The Bertz CT molecular complexity index is 1360. The summed E-state index contributed by atoms with van der Waals surface area (Å²) in [5, 5.41) is 0. The van der Waals surface area contributed by atoms with E-state index in [0.29, 0.717) is 35.0 Å². The molecule has 2 aromatic carbocycles. The van der Waals surface area contributed by atoms with Crippen LogP contribution < -0.4 is 10.5 Å². The number of anilines is 1. The van der Waals surface area contributed by atoms with Gasteiger partial charge in [-0.2, -0.15) is 0 Å². The van der Waals surface area contributed by atoms with E-state index in [1.807, 2.05) is 54.0 Å². The number of rotatable bonds is 4. The van der Waals surface area contributed by atoms with Gasteiger partial charge in [-0.1, -0.05) is 40.2 Å². The van der Waals surface area contributed by atoms with Crippen molar-refractivity contribution in [3.63, 3.8) is 0 Å². The van der Waals surface area contributed by atoms with E-state index < -0.39 is 5.92 Å². The Kier molecular flexibility index (Phi) is 4.78. The van der Waals surface area contributed by atoms with E-state index in [1.165, 1.54) is 6.33 Å². The largest absolute Gasteiger partial charge is 0.459 e. The number of hydrogen-bond donors (Lipinski definition) is 1. The molecule has 0 saturated carbocycles. The molecule has 1 aliphatic rings. The van der Waals surface area contributed by atoms with E-state index in [0.717, 1.165) is 33.0 Å². The van der Waals surface area contributed by atoms with Crippen LogP contribution in [0.5, 0.6) is 5.75 Å². The Morgan fingerprint density at radius 2 is 2.03 bits per heavy atom. The quantitative estimate of drug-likeness (QED) is 0.442. The van der Waals surface area contributed by atoms with Gasteiger partial charge in [-0.15, -0.1) is 0 Å². The maximum absolute atomic E-state index is 12.4. The number of halogens is 1. The standard InChI is InChI=1S/C23H18BrN5O2/c1-13-4-2-3-5-15(13)20-17(10-30)16-8-14(24)6-7-18(16)31-19(20)9-29-12-28-21-22(25)26-11-27-23(21)29/h2-8,10-12,17H,9H2,1H3,(H2,25,26,27). The SMILES string of the molecule is Cc1ccccc1C1=C(Cn2cnc3c(N)ncnc32)Oc2ccc(Br)cc2C1C=O. The fourth-order valence-corrected chi connectivity index (χ4v) is 4.37. The highest BCUT2D eigenvalue weighted by Gasteiger charge is 2.32. The molecular weight excluding hydrogens is 458 g/mol. The van der Waals surface area contributed by atoms with Crippen molar-refractivity contribution in [2.45, 2.75) is 19.4 Å². The fraction of sp³-hybridized carbons (Fsp3) is 0.130. The molecule has 0 amide bonds. The Hall–Kier alpha value is -3.52. The number of imidazole rings is 1. The molecule has 1 aliphatic heterocycles. The predicted molar refractivity (Wildman–Crippen MR) is 121 cm³/mol. The first-order valence-corrected chi connectivity index (χ1v) is 10.5. The number of nitrogen functional groups attached to an aromatic ring is 1. The number of nitrogens with two attached hydrogens (primary N) is 1. The van der Waals surface area contributed by atoms with Gasteiger partial charge < -0.3 is 19.8 Å². The molecule has 1 unspecified atom stereocenters. The highest BCUT2D eigenvalue weighted by Crippen LogP contribution is 2.45. The van der Waals surface area contributed by atoms with E-state index in [4.69, 9.17) is 10.5 Å². The molecule has 0 radical (unpaired) electrons. The molecular formula is C23H18BrN5O2. The van der Waals surface area contributed by atoms with Crippen molar-refractivity contribution in [1.82, 2.24) is 19.5 Å². The molecule has 1 atom stereocenters. The number of allylic oxidation sites excluding steroid dienone is 2. The summed E-state index contributed by atoms with van der Waals surface area (Å²) >= 11 is 3.51. The van der Waals surface area contributed by atoms with E-state index >= 15 is 0 Å². The Balaban J connectivity index is 1.72. The summed E-state index contributed by atoms with van der Waals surface area (Å²) in [4.78, 5) is 25.1. The minimum absolute atomic E-state index is 0.322. The van der Waals surface area contributed by atoms with Gasteiger partial charge in [-0.05, 0) is 36.2 Å². The third-order valence-electron chi connectivity index (χ3n) is 5.47. The average molecular weight is 476 g/mol. The number of hydrogen-bond acceptors (Lipinski definition) is 6. The summed E-state index contributed by atoms with van der Waals surface area (Å²) in [5.41, 5.74) is 10.8. The number of nitrogens with zero attached hydrogens (tertiary/aromatic N) is 4. The number of carbonyl (C=O) groups excluding carboxylic acids is 1. The lowest BCUT2D eigenvalue weighted by Crippen LogP contribution is -2.20. The van der Waals surface area contributed by atoms with Crippen molar-refractivity contribution in [3.05, 3.63) is 82.0 Å². The zero-order valence-electron chi connectivity index (χ0n) is 16.6. The van der Waals surface area contributed by atoms with Gasteiger partial charge >= 0.3 is 0 Å². The minimum atomic E-state index is -0.466. The van der Waals surface area contributed by atoms with Crippen LogP contribution in [0.1, 0.15) is 22.6 Å². The maximum atomic E-state index is 12.4. The molecule has 5 rings (SSSR count). The van der Waals surface area contributed by atoms with Crippen LogP contribution in [0.25, 0.3) is 16.7 Å². The summed E-state index contributed by atoms with van der Waals surface area (Å²) in [7, 11) is 0. The number of aryl methyl sites for hydroxylation is 1. The van der Waals surface area contributed by atoms with Crippen LogP contribution >= 0.6 is 15.9 Å². The molecule has 0 aliphatic carbocycles. The zero-order chi connectivity index (χ0) is 21.5. The molecule has 0 bridgehead atoms. The molecule has 0 fully saturated rings. The first kappa shape index (κ1) is 19.4. The lowest BCUT2D eigenvalue weighted by molar-refractivity contribution is -0.108. The van der Waals surface area contributed by atoms with Crippen molar-refractivity contribution in [1.29, 1.82) is 0 Å². The third-order valence-corrected chi connectivity index (χ3v) is 5.96. The second-order valence-corrected chi connectivity index (χ2v) is 8.27. The van der Waals surface area contributed by atoms with Crippen LogP contribution in [-0.2, 0) is 11.3 Å². The smallest absolute Gasteiger partial charge is 0.165 e. The van der Waals surface area contributed by atoms with Gasteiger partial charge in [0.1, 0.15) is 29.6 Å². The Labute approximate surface area is 186 Å².